The molecule has 0 aliphatic rings. The quantitative estimate of drug-likeness (QED) is 0.0576. The molecule has 0 atom stereocenters. The first-order valence-electron chi connectivity index (χ1n) is 19.2. The van der Waals surface area contributed by atoms with Gasteiger partial charge in [0.1, 0.15) is 0 Å². The van der Waals surface area contributed by atoms with Crippen molar-refractivity contribution in [1.29, 1.82) is 0 Å². The van der Waals surface area contributed by atoms with Gasteiger partial charge in [-0.25, -0.2) is 0 Å². The van der Waals surface area contributed by atoms with Crippen LogP contribution >= 0.6 is 11.3 Å². The van der Waals surface area contributed by atoms with Crippen LogP contribution in [0.5, 0.6) is 0 Å². The Labute approximate surface area is 336 Å². The fourth-order valence-corrected chi connectivity index (χ4v) is 9.59. The molecule has 281 valence electrons. The molecule has 0 bridgehead atoms. The maximum Gasteiger partial charge on any atom is 0.162 e. The van der Waals surface area contributed by atoms with Gasteiger partial charge in [0, 0.05) is 64.7 Å². The largest absolute Gasteiger partial charge is 0.512 e. The maximum absolute atomic E-state index is 11.7. The Morgan fingerprint density at radius 2 is 1.43 bits per heavy atom. The fourth-order valence-electron chi connectivity index (χ4n) is 7.10. The van der Waals surface area contributed by atoms with Crippen LogP contribution in [0.4, 0.5) is 0 Å². The molecule has 0 saturated carbocycles. The van der Waals surface area contributed by atoms with Crippen molar-refractivity contribution in [2.24, 2.45) is 17.8 Å². The summed E-state index contributed by atoms with van der Waals surface area (Å²) in [5.41, 5.74) is 6.01. The van der Waals surface area contributed by atoms with Gasteiger partial charge in [0.25, 0.3) is 0 Å². The zero-order valence-electron chi connectivity index (χ0n) is 33.0. The molecule has 0 amide bonds. The second-order valence-corrected chi connectivity index (χ2v) is 21.6. The Balaban J connectivity index is 0.000000335. The van der Waals surface area contributed by atoms with Crippen LogP contribution in [-0.2, 0) is 31.3 Å². The third-order valence-electron chi connectivity index (χ3n) is 10.3. The van der Waals surface area contributed by atoms with Gasteiger partial charge in [-0.15, -0.1) is 34.9 Å². The number of fused-ring (bicyclic) bond motifs is 4. The average Bonchev–Trinajstić information content (AvgIpc) is 3.52. The molecule has 1 N–H and O–H groups in total. The van der Waals surface area contributed by atoms with E-state index in [4.69, 9.17) is 4.98 Å². The Bertz CT molecular complexity index is 2170. The van der Waals surface area contributed by atoms with E-state index in [1.807, 2.05) is 45.2 Å². The summed E-state index contributed by atoms with van der Waals surface area (Å²) in [6.07, 6.45) is 7.96. The van der Waals surface area contributed by atoms with Gasteiger partial charge in [-0.1, -0.05) is 144 Å². The third-order valence-corrected chi connectivity index (χ3v) is 13.7. The average molecular weight is 919 g/mol. The van der Waals surface area contributed by atoms with Gasteiger partial charge in [0.2, 0.25) is 0 Å². The first-order valence-corrected chi connectivity index (χ1v) is 23.5. The standard InChI is InChI=1S/C34H32NSSi.C13H24O2.Ir/c1-22(2)19-25-10-8-12-29-30-17-18-35-32(34(30)36-33(25)29)26-20-24-9-6-7-11-28(24)31(21-26)23-13-15-27(16-14-23)37(3,4)5;1-5-10(6-2)12(14)9-13(15)11(7-3)8-4;/h6-18,21-22H,19H2,1-5H3;9-11,14H,5-8H2,1-4H3;/q-1;;/b;12-9-;. The topological polar surface area (TPSA) is 50.2 Å². The van der Waals surface area contributed by atoms with Crippen molar-refractivity contribution in [3.63, 3.8) is 0 Å². The van der Waals surface area contributed by atoms with Gasteiger partial charge in [0.05, 0.1) is 13.8 Å². The Morgan fingerprint density at radius 1 is 0.811 bits per heavy atom. The summed E-state index contributed by atoms with van der Waals surface area (Å²) < 4.78 is 2.64. The van der Waals surface area contributed by atoms with Crippen molar-refractivity contribution in [3.05, 3.63) is 109 Å². The minimum Gasteiger partial charge on any atom is -0.512 e. The molecule has 2 heterocycles. The van der Waals surface area contributed by atoms with Crippen molar-refractivity contribution in [1.82, 2.24) is 4.98 Å². The van der Waals surface area contributed by atoms with Gasteiger partial charge in [-0.2, -0.15) is 0 Å². The summed E-state index contributed by atoms with van der Waals surface area (Å²) in [4.78, 5) is 16.7. The number of ketones is 1. The summed E-state index contributed by atoms with van der Waals surface area (Å²) >= 11 is 1.89. The van der Waals surface area contributed by atoms with Crippen LogP contribution < -0.4 is 5.19 Å². The Morgan fingerprint density at radius 3 is 2.06 bits per heavy atom. The van der Waals surface area contributed by atoms with E-state index in [0.717, 1.165) is 48.7 Å². The van der Waals surface area contributed by atoms with E-state index < -0.39 is 8.07 Å². The van der Waals surface area contributed by atoms with Crippen molar-refractivity contribution in [2.75, 3.05) is 0 Å². The molecule has 53 heavy (non-hydrogen) atoms. The van der Waals surface area contributed by atoms with E-state index in [0.29, 0.717) is 5.92 Å². The summed E-state index contributed by atoms with van der Waals surface area (Å²) in [6.45, 7) is 19.9. The minimum atomic E-state index is -1.35. The van der Waals surface area contributed by atoms with Crippen molar-refractivity contribution < 1.29 is 30.0 Å². The third kappa shape index (κ3) is 9.83. The molecule has 4 aromatic carbocycles. The molecule has 6 rings (SSSR count). The molecular formula is C47H56IrNO2SSi-. The van der Waals surface area contributed by atoms with Crippen LogP contribution in [0.25, 0.3) is 53.3 Å². The van der Waals surface area contributed by atoms with Crippen LogP contribution in [0.2, 0.25) is 19.6 Å². The molecule has 0 unspecified atom stereocenters. The minimum absolute atomic E-state index is 0. The molecule has 0 saturated heterocycles. The SMILES string of the molecule is CC(C)Cc1cccc2c1sc1c(-c3[c-]c4ccccc4c(-c4ccc([Si](C)(C)C)cc4)c3)nccc12.CCC(CC)C(=O)/C=C(\O)C(CC)CC.[Ir]. The number of thiophene rings is 1. The van der Waals surface area contributed by atoms with Gasteiger partial charge in [-0.05, 0) is 60.6 Å². The molecule has 6 aromatic rings. The first kappa shape index (κ1) is 42.3. The van der Waals surface area contributed by atoms with Crippen molar-refractivity contribution >= 4 is 61.3 Å². The molecule has 0 spiro atoms. The van der Waals surface area contributed by atoms with Gasteiger partial charge in [-0.3, -0.25) is 9.78 Å². The number of aliphatic hydroxyl groups is 1. The van der Waals surface area contributed by atoms with E-state index in [2.05, 4.69) is 118 Å². The van der Waals surface area contributed by atoms with Crippen LogP contribution in [0.1, 0.15) is 72.8 Å². The number of carbonyl (C=O) groups excluding carboxylic acids is 1. The number of aromatic nitrogens is 1. The predicted molar refractivity (Wildman–Crippen MR) is 230 cm³/mol. The fraction of sp³-hybridized carbons (Fsp3) is 0.362. The number of allylic oxidation sites excluding steroid dienone is 2. The number of hydrogen-bond donors (Lipinski definition) is 1. The number of nitrogens with zero attached hydrogens (tertiary/aromatic N) is 1. The monoisotopic (exact) mass is 919 g/mol. The Kier molecular flexibility index (Phi) is 15.0. The number of carbonyl (C=O) groups is 1. The maximum atomic E-state index is 11.7. The number of hydrogen-bond acceptors (Lipinski definition) is 4. The number of rotatable bonds is 12. The van der Waals surface area contributed by atoms with E-state index in [-0.39, 0.29) is 43.5 Å². The first-order chi connectivity index (χ1) is 24.9. The normalized spacial score (nSPS) is 12.1. The van der Waals surface area contributed by atoms with Gasteiger partial charge < -0.3 is 5.11 Å². The molecule has 6 heteroatoms. The summed E-state index contributed by atoms with van der Waals surface area (Å²) in [7, 11) is -1.35. The smallest absolute Gasteiger partial charge is 0.162 e. The number of aliphatic hydroxyl groups excluding tert-OH is 1. The Hall–Kier alpha value is -3.41. The molecule has 3 nitrogen and oxygen atoms in total. The molecule has 1 radical (unpaired) electrons. The van der Waals surface area contributed by atoms with E-state index in [1.165, 1.54) is 53.5 Å². The molecule has 0 aliphatic carbocycles. The van der Waals surface area contributed by atoms with E-state index in [9.17, 15) is 9.90 Å². The molecule has 2 aromatic heterocycles. The van der Waals surface area contributed by atoms with Crippen LogP contribution in [0.15, 0.2) is 96.9 Å². The molecule has 0 aliphatic heterocycles. The predicted octanol–water partition coefficient (Wildman–Crippen LogP) is 13.3. The van der Waals surface area contributed by atoms with Gasteiger partial charge >= 0.3 is 0 Å². The van der Waals surface area contributed by atoms with Crippen molar-refractivity contribution in [3.8, 4) is 22.4 Å². The zero-order valence-corrected chi connectivity index (χ0v) is 37.2. The summed E-state index contributed by atoms with van der Waals surface area (Å²) in [5.74, 6) is 1.17. The van der Waals surface area contributed by atoms with Crippen molar-refractivity contribution in [2.45, 2.75) is 93.3 Å². The summed E-state index contributed by atoms with van der Waals surface area (Å²) in [5, 5.41) is 16.2. The zero-order chi connectivity index (χ0) is 37.6. The number of benzene rings is 4. The summed E-state index contributed by atoms with van der Waals surface area (Å²) in [6, 6.07) is 32.8. The molecular weight excluding hydrogens is 863 g/mol. The second kappa shape index (κ2) is 18.8. The van der Waals surface area contributed by atoms with Crippen LogP contribution in [0, 0.1) is 23.8 Å². The van der Waals surface area contributed by atoms with E-state index in [1.54, 1.807) is 0 Å². The van der Waals surface area contributed by atoms with E-state index >= 15 is 0 Å². The van der Waals surface area contributed by atoms with Crippen LogP contribution in [0.3, 0.4) is 0 Å². The number of pyridine rings is 1. The second-order valence-electron chi connectivity index (χ2n) is 15.5. The van der Waals surface area contributed by atoms with Crippen LogP contribution in [-0.4, -0.2) is 23.9 Å². The van der Waals surface area contributed by atoms with Gasteiger partial charge in [0.15, 0.2) is 5.78 Å². The molecule has 0 fully saturated rings.